The van der Waals surface area contributed by atoms with Crippen molar-refractivity contribution in [1.29, 1.82) is 0 Å². The number of benzene rings is 2. The van der Waals surface area contributed by atoms with Crippen molar-refractivity contribution in [2.75, 3.05) is 11.7 Å². The number of hydrogen-bond acceptors (Lipinski definition) is 5. The minimum absolute atomic E-state index is 0.108. The van der Waals surface area contributed by atoms with Gasteiger partial charge in [0.1, 0.15) is 5.57 Å². The molecule has 2 aromatic carbocycles. The molecule has 1 aromatic heterocycles. The lowest BCUT2D eigenvalue weighted by Crippen LogP contribution is -2.54. The predicted octanol–water partition coefficient (Wildman–Crippen LogP) is 3.80. The molecule has 1 fully saturated rings. The zero-order chi connectivity index (χ0) is 23.3. The van der Waals surface area contributed by atoms with Crippen LogP contribution in [0.5, 0.6) is 11.5 Å². The Balaban J connectivity index is 1.55. The minimum atomic E-state index is -0.762. The first-order valence-corrected chi connectivity index (χ1v) is 10.4. The number of para-hydroxylation sites is 1. The van der Waals surface area contributed by atoms with Crippen molar-refractivity contribution >= 4 is 29.6 Å². The van der Waals surface area contributed by atoms with E-state index in [1.54, 1.807) is 25.1 Å². The van der Waals surface area contributed by atoms with Gasteiger partial charge in [-0.05, 0) is 62.2 Å². The number of nitrogens with one attached hydrogen (secondary N) is 1. The summed E-state index contributed by atoms with van der Waals surface area (Å²) >= 11 is 0. The van der Waals surface area contributed by atoms with E-state index >= 15 is 0 Å². The summed E-state index contributed by atoms with van der Waals surface area (Å²) < 4.78 is 12.9. The zero-order valence-corrected chi connectivity index (χ0v) is 18.3. The Bertz CT molecular complexity index is 1370. The van der Waals surface area contributed by atoms with Crippen LogP contribution >= 0.6 is 0 Å². The highest BCUT2D eigenvalue weighted by atomic mass is 16.7. The van der Waals surface area contributed by atoms with Crippen molar-refractivity contribution in [2.24, 2.45) is 0 Å². The second kappa shape index (κ2) is 7.67. The molecular formula is C25H21N3O5. The van der Waals surface area contributed by atoms with Crippen LogP contribution in [0.25, 0.3) is 11.8 Å². The lowest BCUT2D eigenvalue weighted by Gasteiger charge is -2.27. The van der Waals surface area contributed by atoms with E-state index < -0.39 is 17.8 Å². The first-order valence-electron chi connectivity index (χ1n) is 10.4. The van der Waals surface area contributed by atoms with E-state index in [0.717, 1.165) is 27.5 Å². The smallest absolute Gasteiger partial charge is 0.335 e. The quantitative estimate of drug-likeness (QED) is 0.491. The monoisotopic (exact) mass is 443 g/mol. The number of nitrogens with zero attached hydrogens (tertiary/aromatic N) is 2. The van der Waals surface area contributed by atoms with Crippen molar-refractivity contribution in [3.05, 3.63) is 76.6 Å². The van der Waals surface area contributed by atoms with Gasteiger partial charge in [-0.3, -0.25) is 14.9 Å². The van der Waals surface area contributed by atoms with Crippen LogP contribution < -0.4 is 19.7 Å². The fourth-order valence-corrected chi connectivity index (χ4v) is 4.20. The van der Waals surface area contributed by atoms with Gasteiger partial charge in [-0.1, -0.05) is 18.2 Å². The molecule has 3 aromatic rings. The molecule has 4 amide bonds. The molecule has 1 N–H and O–H groups in total. The Hall–Kier alpha value is -4.33. The molecule has 0 bridgehead atoms. The number of rotatable bonds is 3. The second-order valence-electron chi connectivity index (χ2n) is 7.94. The summed E-state index contributed by atoms with van der Waals surface area (Å²) in [6.45, 7) is 5.83. The summed E-state index contributed by atoms with van der Waals surface area (Å²) in [5.41, 5.74) is 4.38. The van der Waals surface area contributed by atoms with Gasteiger partial charge in [0, 0.05) is 23.1 Å². The molecule has 1 saturated heterocycles. The number of urea groups is 1. The molecular weight excluding hydrogens is 422 g/mol. The molecule has 8 heteroatoms. The first kappa shape index (κ1) is 20.6. The summed E-state index contributed by atoms with van der Waals surface area (Å²) in [6.07, 6.45) is 1.53. The van der Waals surface area contributed by atoms with Gasteiger partial charge in [0.25, 0.3) is 11.8 Å². The number of carbonyl (C=O) groups is 3. The normalized spacial score (nSPS) is 16.5. The predicted molar refractivity (Wildman–Crippen MR) is 122 cm³/mol. The van der Waals surface area contributed by atoms with Crippen LogP contribution in [0, 0.1) is 20.8 Å². The topological polar surface area (TPSA) is 89.9 Å². The molecule has 8 nitrogen and oxygen atoms in total. The van der Waals surface area contributed by atoms with E-state index in [-0.39, 0.29) is 12.4 Å². The fourth-order valence-electron chi connectivity index (χ4n) is 4.20. The maximum absolute atomic E-state index is 13.2. The fraction of sp³-hybridized carbons (Fsp3) is 0.160. The summed E-state index contributed by atoms with van der Waals surface area (Å²) in [4.78, 5) is 39.3. The SMILES string of the molecule is Cc1ccccc1N1C(=O)NC(=O)/C(=C/c2cc(C)n(-c3ccc4c(c3)OCO4)c2C)C1=O. The molecule has 5 rings (SSSR count). The number of ether oxygens (including phenoxy) is 2. The summed E-state index contributed by atoms with van der Waals surface area (Å²) in [5, 5.41) is 2.28. The number of aryl methyl sites for hydroxylation is 2. The van der Waals surface area contributed by atoms with E-state index in [0.29, 0.717) is 22.7 Å². The van der Waals surface area contributed by atoms with Crippen LogP contribution in [0.15, 0.2) is 54.1 Å². The van der Waals surface area contributed by atoms with Crippen molar-refractivity contribution in [3.8, 4) is 17.2 Å². The third-order valence-corrected chi connectivity index (χ3v) is 5.84. The van der Waals surface area contributed by atoms with Crippen molar-refractivity contribution in [1.82, 2.24) is 9.88 Å². The molecule has 0 aliphatic carbocycles. The zero-order valence-electron chi connectivity index (χ0n) is 18.3. The number of carbonyl (C=O) groups excluding carboxylic acids is 3. The van der Waals surface area contributed by atoms with E-state index in [4.69, 9.17) is 9.47 Å². The highest BCUT2D eigenvalue weighted by molar-refractivity contribution is 6.39. The molecule has 0 saturated carbocycles. The lowest BCUT2D eigenvalue weighted by molar-refractivity contribution is -0.122. The third-order valence-electron chi connectivity index (χ3n) is 5.84. The second-order valence-corrected chi connectivity index (χ2v) is 7.94. The molecule has 166 valence electrons. The Morgan fingerprint density at radius 2 is 1.70 bits per heavy atom. The molecule has 2 aliphatic rings. The van der Waals surface area contributed by atoms with Crippen molar-refractivity contribution in [3.63, 3.8) is 0 Å². The van der Waals surface area contributed by atoms with Crippen LogP contribution in [0.4, 0.5) is 10.5 Å². The first-order chi connectivity index (χ1) is 15.8. The van der Waals surface area contributed by atoms with Gasteiger partial charge < -0.3 is 14.0 Å². The number of aromatic nitrogens is 1. The number of imide groups is 2. The maximum Gasteiger partial charge on any atom is 0.335 e. The molecule has 33 heavy (non-hydrogen) atoms. The summed E-state index contributed by atoms with van der Waals surface area (Å²) in [7, 11) is 0. The van der Waals surface area contributed by atoms with Crippen molar-refractivity contribution < 1.29 is 23.9 Å². The Kier molecular flexibility index (Phi) is 4.78. The Morgan fingerprint density at radius 3 is 2.48 bits per heavy atom. The largest absolute Gasteiger partial charge is 0.454 e. The standard InChI is InChI=1S/C25H21N3O5/c1-14-6-4-5-7-20(14)28-24(30)19(23(29)26-25(28)31)11-17-10-15(2)27(16(17)3)18-8-9-21-22(12-18)33-13-32-21/h4-12H,13H2,1-3H3,(H,26,29,31)/b19-11-. The van der Waals surface area contributed by atoms with Gasteiger partial charge in [-0.25, -0.2) is 9.69 Å². The van der Waals surface area contributed by atoms with Gasteiger partial charge >= 0.3 is 6.03 Å². The van der Waals surface area contributed by atoms with Crippen LogP contribution in [-0.2, 0) is 9.59 Å². The lowest BCUT2D eigenvalue weighted by atomic mass is 10.1. The number of amides is 4. The van der Waals surface area contributed by atoms with E-state index in [2.05, 4.69) is 5.32 Å². The minimum Gasteiger partial charge on any atom is -0.454 e. The molecule has 3 heterocycles. The highest BCUT2D eigenvalue weighted by Gasteiger charge is 2.37. The number of barbiturate groups is 1. The van der Waals surface area contributed by atoms with Crippen LogP contribution in [0.3, 0.4) is 0 Å². The third kappa shape index (κ3) is 3.36. The maximum atomic E-state index is 13.2. The van der Waals surface area contributed by atoms with Crippen molar-refractivity contribution in [2.45, 2.75) is 20.8 Å². The molecule has 0 atom stereocenters. The Labute approximate surface area is 190 Å². The van der Waals surface area contributed by atoms with Gasteiger partial charge in [-0.2, -0.15) is 0 Å². The van der Waals surface area contributed by atoms with E-state index in [1.165, 1.54) is 6.08 Å². The molecule has 2 aliphatic heterocycles. The van der Waals surface area contributed by atoms with Gasteiger partial charge in [0.2, 0.25) is 6.79 Å². The Morgan fingerprint density at radius 1 is 0.939 bits per heavy atom. The molecule has 0 unspecified atom stereocenters. The number of anilines is 1. The average molecular weight is 443 g/mol. The van der Waals surface area contributed by atoms with E-state index in [9.17, 15) is 14.4 Å². The highest BCUT2D eigenvalue weighted by Crippen LogP contribution is 2.35. The van der Waals surface area contributed by atoms with Crippen LogP contribution in [-0.4, -0.2) is 29.2 Å². The van der Waals surface area contributed by atoms with E-state index in [1.807, 2.05) is 48.7 Å². The number of fused-ring (bicyclic) bond motifs is 1. The molecule has 0 spiro atoms. The number of hydrogen-bond donors (Lipinski definition) is 1. The van der Waals surface area contributed by atoms with Gasteiger partial charge in [0.15, 0.2) is 11.5 Å². The van der Waals surface area contributed by atoms with Crippen LogP contribution in [0.1, 0.15) is 22.5 Å². The summed E-state index contributed by atoms with van der Waals surface area (Å²) in [5.74, 6) is -0.0308. The average Bonchev–Trinajstić information content (AvgIpc) is 3.35. The van der Waals surface area contributed by atoms with Gasteiger partial charge in [-0.15, -0.1) is 0 Å². The summed E-state index contributed by atoms with van der Waals surface area (Å²) in [6, 6.07) is 13.8. The van der Waals surface area contributed by atoms with Gasteiger partial charge in [0.05, 0.1) is 5.69 Å². The molecule has 0 radical (unpaired) electrons. The van der Waals surface area contributed by atoms with Crippen LogP contribution in [0.2, 0.25) is 0 Å².